The minimum absolute atomic E-state index is 0.00207. The molecule has 4 rings (SSSR count). The van der Waals surface area contributed by atoms with Crippen LogP contribution >= 0.6 is 0 Å². The van der Waals surface area contributed by atoms with Gasteiger partial charge in [0.25, 0.3) is 0 Å². The van der Waals surface area contributed by atoms with E-state index in [0.29, 0.717) is 30.5 Å². The third-order valence-corrected chi connectivity index (χ3v) is 7.12. The van der Waals surface area contributed by atoms with Crippen molar-refractivity contribution in [3.05, 3.63) is 101 Å². The van der Waals surface area contributed by atoms with Gasteiger partial charge in [-0.15, -0.1) is 0 Å². The van der Waals surface area contributed by atoms with E-state index in [9.17, 15) is 28.3 Å². The van der Waals surface area contributed by atoms with E-state index in [2.05, 4.69) is 0 Å². The first-order chi connectivity index (χ1) is 18.1. The largest absolute Gasteiger partial charge is 0.392 e. The van der Waals surface area contributed by atoms with Crippen molar-refractivity contribution < 1.29 is 28.3 Å². The van der Waals surface area contributed by atoms with Gasteiger partial charge in [0.2, 0.25) is 5.91 Å². The molecule has 5 nitrogen and oxygen atoms in total. The highest BCUT2D eigenvalue weighted by molar-refractivity contribution is 6.01. The summed E-state index contributed by atoms with van der Waals surface area (Å²) >= 11 is 0. The van der Waals surface area contributed by atoms with Gasteiger partial charge in [-0.25, -0.2) is 8.78 Å². The van der Waals surface area contributed by atoms with Crippen LogP contribution in [0.15, 0.2) is 66.7 Å². The molecule has 1 fully saturated rings. The summed E-state index contributed by atoms with van der Waals surface area (Å²) in [6.45, 7) is 3.72. The molecule has 1 amide bonds. The van der Waals surface area contributed by atoms with E-state index in [1.165, 1.54) is 25.1 Å². The maximum atomic E-state index is 14.0. The van der Waals surface area contributed by atoms with E-state index in [1.807, 2.05) is 30.3 Å². The van der Waals surface area contributed by atoms with Crippen LogP contribution in [0.25, 0.3) is 0 Å². The number of para-hydroxylation sites is 1. The molecule has 7 heteroatoms. The lowest BCUT2D eigenvalue weighted by Gasteiger charge is -2.37. The first kappa shape index (κ1) is 27.3. The number of Topliss-reactive ketones (excluding diaryl/α,β-unsaturated/α-hetero) is 2. The maximum absolute atomic E-state index is 14.0. The van der Waals surface area contributed by atoms with Crippen molar-refractivity contribution in [1.82, 2.24) is 0 Å². The van der Waals surface area contributed by atoms with Crippen LogP contribution in [0, 0.1) is 30.4 Å². The molecule has 1 saturated heterocycles. The van der Waals surface area contributed by atoms with Crippen LogP contribution in [0.5, 0.6) is 0 Å². The van der Waals surface area contributed by atoms with Gasteiger partial charge in [-0.3, -0.25) is 14.4 Å². The Morgan fingerprint density at radius 1 is 1.00 bits per heavy atom. The third kappa shape index (κ3) is 6.40. The number of anilines is 1. The standard InChI is InChI=1S/C31H31F2NO4/c1-19-11-22(20(2)35)16-23(12-19)29(36)17-24(13-21-14-25(32)18-26(33)15-21)30(37)28-9-6-10-34(31(28)38)27-7-4-3-5-8-27/h3-5,7-8,11-12,14-16,18,24,28,30,37H,6,9-10,13,17H2,1-2H3/t24-,28+,30+/m1/s1. The molecule has 0 bridgehead atoms. The average Bonchev–Trinajstić information content (AvgIpc) is 2.87. The van der Waals surface area contributed by atoms with Crippen molar-refractivity contribution >= 4 is 23.2 Å². The summed E-state index contributed by atoms with van der Waals surface area (Å²) in [5.41, 5.74) is 2.48. The summed E-state index contributed by atoms with van der Waals surface area (Å²) in [6, 6.07) is 17.2. The molecule has 0 spiro atoms. The second kappa shape index (κ2) is 11.8. The van der Waals surface area contributed by atoms with Crippen LogP contribution in [0.4, 0.5) is 14.5 Å². The molecule has 38 heavy (non-hydrogen) atoms. The van der Waals surface area contributed by atoms with Crippen molar-refractivity contribution in [3.63, 3.8) is 0 Å². The van der Waals surface area contributed by atoms with E-state index in [0.717, 1.165) is 17.3 Å². The summed E-state index contributed by atoms with van der Waals surface area (Å²) in [5.74, 6) is -3.81. The van der Waals surface area contributed by atoms with Crippen molar-refractivity contribution in [1.29, 1.82) is 0 Å². The van der Waals surface area contributed by atoms with Gasteiger partial charge in [-0.1, -0.05) is 18.2 Å². The molecule has 1 aliphatic heterocycles. The fourth-order valence-corrected chi connectivity index (χ4v) is 5.26. The lowest BCUT2D eigenvalue weighted by atomic mass is 9.78. The van der Waals surface area contributed by atoms with E-state index in [-0.39, 0.29) is 35.9 Å². The smallest absolute Gasteiger partial charge is 0.232 e. The maximum Gasteiger partial charge on any atom is 0.232 e. The van der Waals surface area contributed by atoms with Gasteiger partial charge in [0.15, 0.2) is 11.6 Å². The number of benzene rings is 3. The fraction of sp³-hybridized carbons (Fsp3) is 0.323. The molecule has 1 aliphatic rings. The first-order valence-electron chi connectivity index (χ1n) is 12.8. The number of hydrogen-bond acceptors (Lipinski definition) is 4. The van der Waals surface area contributed by atoms with E-state index >= 15 is 0 Å². The number of carbonyl (C=O) groups excluding carboxylic acids is 3. The van der Waals surface area contributed by atoms with Crippen LogP contribution in [0.3, 0.4) is 0 Å². The van der Waals surface area contributed by atoms with Crippen molar-refractivity contribution in [2.24, 2.45) is 11.8 Å². The van der Waals surface area contributed by atoms with Gasteiger partial charge in [-0.2, -0.15) is 0 Å². The number of nitrogens with zero attached hydrogens (tertiary/aromatic N) is 1. The highest BCUT2D eigenvalue weighted by Gasteiger charge is 2.39. The minimum Gasteiger partial charge on any atom is -0.392 e. The van der Waals surface area contributed by atoms with Gasteiger partial charge < -0.3 is 10.0 Å². The highest BCUT2D eigenvalue weighted by atomic mass is 19.1. The topological polar surface area (TPSA) is 74.7 Å². The molecule has 0 aromatic heterocycles. The fourth-order valence-electron chi connectivity index (χ4n) is 5.26. The quantitative estimate of drug-likeness (QED) is 0.368. The Bertz CT molecular complexity index is 1320. The summed E-state index contributed by atoms with van der Waals surface area (Å²) in [4.78, 5) is 40.4. The molecule has 3 aromatic carbocycles. The average molecular weight is 520 g/mol. The highest BCUT2D eigenvalue weighted by Crippen LogP contribution is 2.32. The number of amides is 1. The molecule has 198 valence electrons. The van der Waals surface area contributed by atoms with Gasteiger partial charge in [0.05, 0.1) is 12.0 Å². The monoisotopic (exact) mass is 519 g/mol. The number of rotatable bonds is 9. The number of aliphatic hydroxyl groups is 1. The normalized spacial score (nSPS) is 17.2. The van der Waals surface area contributed by atoms with E-state index in [1.54, 1.807) is 24.0 Å². The van der Waals surface area contributed by atoms with Crippen molar-refractivity contribution in [2.75, 3.05) is 11.4 Å². The number of carbonyl (C=O) groups is 3. The molecule has 1 N–H and O–H groups in total. The lowest BCUT2D eigenvalue weighted by Crippen LogP contribution is -2.48. The Hall–Kier alpha value is -3.71. The van der Waals surface area contributed by atoms with Gasteiger partial charge in [-0.05, 0) is 92.6 Å². The Morgan fingerprint density at radius 2 is 1.66 bits per heavy atom. The Kier molecular flexibility index (Phi) is 8.47. The van der Waals surface area contributed by atoms with Gasteiger partial charge in [0, 0.05) is 35.8 Å². The molecular formula is C31H31F2NO4. The predicted octanol–water partition coefficient (Wildman–Crippen LogP) is 5.71. The lowest BCUT2D eigenvalue weighted by molar-refractivity contribution is -0.129. The number of hydrogen-bond donors (Lipinski definition) is 1. The second-order valence-electron chi connectivity index (χ2n) is 10.1. The molecule has 0 aliphatic carbocycles. The minimum atomic E-state index is -1.22. The predicted molar refractivity (Wildman–Crippen MR) is 141 cm³/mol. The van der Waals surface area contributed by atoms with Crippen LogP contribution in [-0.2, 0) is 11.2 Å². The summed E-state index contributed by atoms with van der Waals surface area (Å²) in [7, 11) is 0. The first-order valence-corrected chi connectivity index (χ1v) is 12.8. The molecule has 3 atom stereocenters. The van der Waals surface area contributed by atoms with Crippen LogP contribution < -0.4 is 4.90 Å². The SMILES string of the molecule is CC(=O)c1cc(C)cc(C(=O)C[C@@H](Cc2cc(F)cc(F)c2)[C@H](O)[C@@H]2CCCN(c3ccccc3)C2=O)c1. The Balaban J connectivity index is 1.64. The zero-order chi connectivity index (χ0) is 27.4. The zero-order valence-electron chi connectivity index (χ0n) is 21.5. The van der Waals surface area contributed by atoms with Crippen LogP contribution in [-0.4, -0.2) is 35.2 Å². The van der Waals surface area contributed by atoms with Gasteiger partial charge in [0.1, 0.15) is 11.6 Å². The number of piperidine rings is 1. The number of ketones is 2. The van der Waals surface area contributed by atoms with Crippen LogP contribution in [0.1, 0.15) is 58.0 Å². The Labute approximate surface area is 221 Å². The van der Waals surface area contributed by atoms with Crippen molar-refractivity contribution in [3.8, 4) is 0 Å². The molecular weight excluding hydrogens is 488 g/mol. The second-order valence-corrected chi connectivity index (χ2v) is 10.1. The molecule has 0 radical (unpaired) electrons. The molecule has 0 unspecified atom stereocenters. The molecule has 1 heterocycles. The Morgan fingerprint density at radius 3 is 2.32 bits per heavy atom. The summed E-state index contributed by atoms with van der Waals surface area (Å²) in [5, 5.41) is 11.5. The van der Waals surface area contributed by atoms with E-state index in [4.69, 9.17) is 0 Å². The van der Waals surface area contributed by atoms with E-state index < -0.39 is 29.6 Å². The summed E-state index contributed by atoms with van der Waals surface area (Å²) < 4.78 is 27.9. The van der Waals surface area contributed by atoms with Gasteiger partial charge >= 0.3 is 0 Å². The third-order valence-electron chi connectivity index (χ3n) is 7.12. The molecule has 3 aromatic rings. The summed E-state index contributed by atoms with van der Waals surface area (Å²) in [6.07, 6.45) is -0.277. The van der Waals surface area contributed by atoms with Crippen molar-refractivity contribution in [2.45, 2.75) is 45.6 Å². The number of aliphatic hydroxyl groups excluding tert-OH is 1. The van der Waals surface area contributed by atoms with Crippen LogP contribution in [0.2, 0.25) is 0 Å². The number of aryl methyl sites for hydroxylation is 1. The number of halogens is 2. The molecule has 0 saturated carbocycles. The zero-order valence-corrected chi connectivity index (χ0v) is 21.5.